The highest BCUT2D eigenvalue weighted by atomic mass is 32.1. The third kappa shape index (κ3) is 4.07. The zero-order chi connectivity index (χ0) is 20.2. The number of para-hydroxylation sites is 1. The van der Waals surface area contributed by atoms with Crippen LogP contribution in [-0.4, -0.2) is 21.6 Å². The second kappa shape index (κ2) is 8.07. The van der Waals surface area contributed by atoms with E-state index in [9.17, 15) is 14.0 Å². The number of aromatic nitrogens is 2. The summed E-state index contributed by atoms with van der Waals surface area (Å²) in [6.07, 6.45) is 1.61. The fraction of sp³-hybridized carbons (Fsp3) is 0. The number of halogens is 1. The first-order valence-electron chi connectivity index (χ1n) is 8.67. The number of amides is 2. The van der Waals surface area contributed by atoms with Gasteiger partial charge in [0.1, 0.15) is 11.5 Å². The fourth-order valence-electron chi connectivity index (χ4n) is 2.70. The van der Waals surface area contributed by atoms with Crippen LogP contribution in [0, 0.1) is 5.82 Å². The number of hydrazine groups is 1. The molecule has 144 valence electrons. The lowest BCUT2D eigenvalue weighted by molar-refractivity contribution is 0.0847. The molecule has 2 aromatic heterocycles. The monoisotopic (exact) mass is 406 g/mol. The van der Waals surface area contributed by atoms with Gasteiger partial charge in [-0.3, -0.25) is 20.4 Å². The number of carbonyl (C=O) groups excluding carboxylic acids is 2. The molecule has 0 spiro atoms. The van der Waals surface area contributed by atoms with Crippen molar-refractivity contribution in [1.82, 2.24) is 20.6 Å². The summed E-state index contributed by atoms with van der Waals surface area (Å²) in [6.45, 7) is 0. The van der Waals surface area contributed by atoms with Crippen LogP contribution in [0.2, 0.25) is 0 Å². The Balaban J connectivity index is 1.58. The molecule has 0 aliphatic carbocycles. The van der Waals surface area contributed by atoms with Gasteiger partial charge in [0.2, 0.25) is 0 Å². The van der Waals surface area contributed by atoms with Gasteiger partial charge in [0, 0.05) is 11.8 Å². The second-order valence-corrected chi connectivity index (χ2v) is 7.01. The Hall–Kier alpha value is -3.78. The van der Waals surface area contributed by atoms with Crippen molar-refractivity contribution in [2.45, 2.75) is 0 Å². The maximum absolute atomic E-state index is 13.0. The largest absolute Gasteiger partial charge is 0.273 e. The Labute approximate surface area is 169 Å². The van der Waals surface area contributed by atoms with Crippen LogP contribution in [0.3, 0.4) is 0 Å². The van der Waals surface area contributed by atoms with Crippen molar-refractivity contribution in [1.29, 1.82) is 0 Å². The van der Waals surface area contributed by atoms with Crippen LogP contribution in [0.15, 0.2) is 78.3 Å². The van der Waals surface area contributed by atoms with Gasteiger partial charge in [0.15, 0.2) is 0 Å². The summed E-state index contributed by atoms with van der Waals surface area (Å²) < 4.78 is 14.6. The molecule has 0 unspecified atom stereocenters. The van der Waals surface area contributed by atoms with Crippen molar-refractivity contribution >= 4 is 23.2 Å². The first kappa shape index (κ1) is 18.6. The predicted molar refractivity (Wildman–Crippen MR) is 108 cm³/mol. The summed E-state index contributed by atoms with van der Waals surface area (Å²) in [6, 6.07) is 18.2. The quantitative estimate of drug-likeness (QED) is 0.506. The molecule has 2 N–H and O–H groups in total. The van der Waals surface area contributed by atoms with Crippen molar-refractivity contribution in [2.75, 3.05) is 0 Å². The molecule has 8 heteroatoms. The van der Waals surface area contributed by atoms with E-state index >= 15 is 0 Å². The van der Waals surface area contributed by atoms with Crippen LogP contribution in [0.25, 0.3) is 16.3 Å². The molecule has 0 saturated heterocycles. The molecule has 2 heterocycles. The normalized spacial score (nSPS) is 10.5. The Morgan fingerprint density at radius 2 is 1.62 bits per heavy atom. The first-order valence-corrected chi connectivity index (χ1v) is 9.55. The average Bonchev–Trinajstić information content (AvgIpc) is 3.43. The molecule has 2 amide bonds. The zero-order valence-electron chi connectivity index (χ0n) is 15.0. The van der Waals surface area contributed by atoms with Crippen LogP contribution >= 0.6 is 11.3 Å². The Kier molecular flexibility index (Phi) is 5.17. The molecule has 0 radical (unpaired) electrons. The number of hydrogen-bond acceptors (Lipinski definition) is 4. The minimum atomic E-state index is -0.550. The SMILES string of the molecule is O=C(NNC(=O)c1cn(-c2ccccc2)nc1-c1cccs1)c1ccc(F)cc1. The van der Waals surface area contributed by atoms with Crippen molar-refractivity contribution < 1.29 is 14.0 Å². The Morgan fingerprint density at radius 1 is 0.897 bits per heavy atom. The Bertz CT molecular complexity index is 1140. The van der Waals surface area contributed by atoms with Crippen molar-refractivity contribution in [2.24, 2.45) is 0 Å². The van der Waals surface area contributed by atoms with E-state index < -0.39 is 17.6 Å². The standard InChI is InChI=1S/C21H15FN4O2S/c22-15-10-8-14(9-11-15)20(27)23-24-21(28)17-13-26(16-5-2-1-3-6-16)25-19(17)18-7-4-12-29-18/h1-13H,(H,23,27)(H,24,28). The van der Waals surface area contributed by atoms with Crippen LogP contribution in [0.4, 0.5) is 4.39 Å². The summed E-state index contributed by atoms with van der Waals surface area (Å²) in [7, 11) is 0. The summed E-state index contributed by atoms with van der Waals surface area (Å²) in [5.41, 5.74) is 6.60. The van der Waals surface area contributed by atoms with E-state index in [2.05, 4.69) is 16.0 Å². The molecule has 0 aliphatic rings. The van der Waals surface area contributed by atoms with Gasteiger partial charge in [-0.25, -0.2) is 9.07 Å². The van der Waals surface area contributed by atoms with E-state index in [1.165, 1.54) is 35.6 Å². The minimum Gasteiger partial charge on any atom is -0.267 e. The molecule has 0 atom stereocenters. The van der Waals surface area contributed by atoms with E-state index in [-0.39, 0.29) is 5.56 Å². The van der Waals surface area contributed by atoms with Gasteiger partial charge < -0.3 is 0 Å². The lowest BCUT2D eigenvalue weighted by Crippen LogP contribution is -2.41. The van der Waals surface area contributed by atoms with E-state index in [1.807, 2.05) is 47.8 Å². The molecule has 0 saturated carbocycles. The molecular weight excluding hydrogens is 391 g/mol. The minimum absolute atomic E-state index is 0.227. The number of hydrogen-bond donors (Lipinski definition) is 2. The molecule has 0 aliphatic heterocycles. The topological polar surface area (TPSA) is 76.0 Å². The van der Waals surface area contributed by atoms with Crippen LogP contribution in [0.1, 0.15) is 20.7 Å². The molecule has 4 aromatic rings. The van der Waals surface area contributed by atoms with E-state index in [0.29, 0.717) is 11.3 Å². The molecule has 0 bridgehead atoms. The van der Waals surface area contributed by atoms with Crippen molar-refractivity contribution in [3.63, 3.8) is 0 Å². The van der Waals surface area contributed by atoms with Gasteiger partial charge in [-0.05, 0) is 47.8 Å². The number of rotatable bonds is 4. The van der Waals surface area contributed by atoms with Gasteiger partial charge in [0.05, 0.1) is 16.1 Å². The van der Waals surface area contributed by atoms with Crippen LogP contribution in [0.5, 0.6) is 0 Å². The number of carbonyl (C=O) groups is 2. The zero-order valence-corrected chi connectivity index (χ0v) is 15.8. The number of nitrogens with one attached hydrogen (secondary N) is 2. The third-order valence-electron chi connectivity index (χ3n) is 4.13. The van der Waals surface area contributed by atoms with E-state index in [0.717, 1.165) is 10.6 Å². The molecule has 6 nitrogen and oxygen atoms in total. The summed E-state index contributed by atoms with van der Waals surface area (Å²) >= 11 is 1.46. The van der Waals surface area contributed by atoms with E-state index in [4.69, 9.17) is 0 Å². The predicted octanol–water partition coefficient (Wildman–Crippen LogP) is 3.81. The van der Waals surface area contributed by atoms with Gasteiger partial charge in [-0.15, -0.1) is 11.3 Å². The fourth-order valence-corrected chi connectivity index (χ4v) is 3.43. The van der Waals surface area contributed by atoms with Gasteiger partial charge in [0.25, 0.3) is 11.8 Å². The summed E-state index contributed by atoms with van der Waals surface area (Å²) in [5.74, 6) is -1.50. The van der Waals surface area contributed by atoms with Gasteiger partial charge in [-0.2, -0.15) is 5.10 Å². The van der Waals surface area contributed by atoms with E-state index in [1.54, 1.807) is 10.9 Å². The smallest absolute Gasteiger partial charge is 0.267 e. The lowest BCUT2D eigenvalue weighted by Gasteiger charge is -2.07. The van der Waals surface area contributed by atoms with Crippen molar-refractivity contribution in [3.05, 3.63) is 95.3 Å². The summed E-state index contributed by atoms with van der Waals surface area (Å²) in [5, 5.41) is 6.45. The molecule has 0 fully saturated rings. The molecule has 4 rings (SSSR count). The Morgan fingerprint density at radius 3 is 2.31 bits per heavy atom. The first-order chi connectivity index (χ1) is 14.1. The third-order valence-corrected chi connectivity index (χ3v) is 5.01. The molecule has 29 heavy (non-hydrogen) atoms. The molecular formula is C21H15FN4O2S. The van der Waals surface area contributed by atoms with Crippen LogP contribution < -0.4 is 10.9 Å². The van der Waals surface area contributed by atoms with Gasteiger partial charge >= 0.3 is 0 Å². The second-order valence-electron chi connectivity index (χ2n) is 6.06. The average molecular weight is 406 g/mol. The van der Waals surface area contributed by atoms with Gasteiger partial charge in [-0.1, -0.05) is 24.3 Å². The molecule has 2 aromatic carbocycles. The maximum Gasteiger partial charge on any atom is 0.273 e. The lowest BCUT2D eigenvalue weighted by atomic mass is 10.2. The highest BCUT2D eigenvalue weighted by molar-refractivity contribution is 7.13. The number of benzene rings is 2. The highest BCUT2D eigenvalue weighted by Gasteiger charge is 2.20. The number of thiophene rings is 1. The summed E-state index contributed by atoms with van der Waals surface area (Å²) in [4.78, 5) is 25.8. The van der Waals surface area contributed by atoms with Crippen molar-refractivity contribution in [3.8, 4) is 16.3 Å². The number of nitrogens with zero attached hydrogens (tertiary/aromatic N) is 2. The highest BCUT2D eigenvalue weighted by Crippen LogP contribution is 2.27. The van der Waals surface area contributed by atoms with Crippen LogP contribution in [-0.2, 0) is 0 Å². The maximum atomic E-state index is 13.0.